The van der Waals surface area contributed by atoms with Crippen molar-refractivity contribution in [2.75, 3.05) is 25.7 Å². The van der Waals surface area contributed by atoms with Crippen molar-refractivity contribution < 1.29 is 4.74 Å². The third kappa shape index (κ3) is 3.33. The SMILES string of the molecule is CNC(CSC)CC1CCCO1. The van der Waals surface area contributed by atoms with Crippen molar-refractivity contribution in [1.29, 1.82) is 0 Å². The first kappa shape index (κ1) is 10.4. The quantitative estimate of drug-likeness (QED) is 0.708. The molecule has 1 aliphatic rings. The first-order valence-corrected chi connectivity index (χ1v) is 6.04. The standard InChI is InChI=1S/C9H19NOS/c1-10-8(7-12-2)6-9-4-3-5-11-9/h8-10H,3-7H2,1-2H3. The van der Waals surface area contributed by atoms with Gasteiger partial charge >= 0.3 is 0 Å². The van der Waals surface area contributed by atoms with Gasteiger partial charge in [0.25, 0.3) is 0 Å². The Hall–Kier alpha value is 0.270. The molecule has 0 amide bonds. The van der Waals surface area contributed by atoms with E-state index in [-0.39, 0.29) is 0 Å². The smallest absolute Gasteiger partial charge is 0.0591 e. The molecular formula is C9H19NOS. The van der Waals surface area contributed by atoms with Gasteiger partial charge in [0.15, 0.2) is 0 Å². The zero-order chi connectivity index (χ0) is 8.81. The molecule has 2 atom stereocenters. The van der Waals surface area contributed by atoms with E-state index >= 15 is 0 Å². The van der Waals surface area contributed by atoms with Crippen LogP contribution < -0.4 is 5.32 Å². The van der Waals surface area contributed by atoms with Crippen LogP contribution in [-0.4, -0.2) is 37.8 Å². The van der Waals surface area contributed by atoms with E-state index in [0.29, 0.717) is 12.1 Å². The normalized spacial score (nSPS) is 26.0. The zero-order valence-corrected chi connectivity index (χ0v) is 8.82. The summed E-state index contributed by atoms with van der Waals surface area (Å²) in [4.78, 5) is 0. The average molecular weight is 189 g/mol. The van der Waals surface area contributed by atoms with Crippen molar-refractivity contribution in [3.05, 3.63) is 0 Å². The summed E-state index contributed by atoms with van der Waals surface area (Å²) in [6, 6.07) is 0.628. The molecule has 1 N–H and O–H groups in total. The van der Waals surface area contributed by atoms with Gasteiger partial charge < -0.3 is 10.1 Å². The fourth-order valence-corrected chi connectivity index (χ4v) is 2.32. The van der Waals surface area contributed by atoms with Crippen LogP contribution in [0.5, 0.6) is 0 Å². The Morgan fingerprint density at radius 3 is 3.00 bits per heavy atom. The van der Waals surface area contributed by atoms with Crippen molar-refractivity contribution in [3.63, 3.8) is 0 Å². The maximum Gasteiger partial charge on any atom is 0.0591 e. The first-order valence-electron chi connectivity index (χ1n) is 4.64. The van der Waals surface area contributed by atoms with E-state index in [4.69, 9.17) is 4.74 Å². The second-order valence-electron chi connectivity index (χ2n) is 3.31. The van der Waals surface area contributed by atoms with Crippen LogP contribution in [0.15, 0.2) is 0 Å². The van der Waals surface area contributed by atoms with E-state index in [1.54, 1.807) is 0 Å². The third-order valence-corrected chi connectivity index (χ3v) is 3.08. The van der Waals surface area contributed by atoms with Gasteiger partial charge in [0.05, 0.1) is 6.10 Å². The van der Waals surface area contributed by atoms with E-state index in [1.165, 1.54) is 25.0 Å². The van der Waals surface area contributed by atoms with Crippen LogP contribution in [0, 0.1) is 0 Å². The van der Waals surface area contributed by atoms with Gasteiger partial charge in [0.1, 0.15) is 0 Å². The molecule has 0 aromatic carbocycles. The van der Waals surface area contributed by atoms with Crippen molar-refractivity contribution in [2.24, 2.45) is 0 Å². The highest BCUT2D eigenvalue weighted by Crippen LogP contribution is 2.17. The Morgan fingerprint density at radius 1 is 1.67 bits per heavy atom. The summed E-state index contributed by atoms with van der Waals surface area (Å²) in [5.74, 6) is 1.19. The van der Waals surface area contributed by atoms with E-state index in [2.05, 4.69) is 11.6 Å². The number of thioether (sulfide) groups is 1. The Labute approximate surface area is 79.4 Å². The molecule has 0 aromatic rings. The van der Waals surface area contributed by atoms with Crippen LogP contribution in [0.3, 0.4) is 0 Å². The topological polar surface area (TPSA) is 21.3 Å². The molecule has 0 radical (unpaired) electrons. The second-order valence-corrected chi connectivity index (χ2v) is 4.22. The maximum atomic E-state index is 5.58. The fraction of sp³-hybridized carbons (Fsp3) is 1.00. The van der Waals surface area contributed by atoms with E-state index in [0.717, 1.165) is 6.61 Å². The fourth-order valence-electron chi connectivity index (χ4n) is 1.62. The third-order valence-electron chi connectivity index (χ3n) is 2.35. The number of nitrogens with one attached hydrogen (secondary N) is 1. The molecule has 0 saturated carbocycles. The molecule has 0 aliphatic carbocycles. The number of hydrogen-bond donors (Lipinski definition) is 1. The molecule has 1 rings (SSSR count). The lowest BCUT2D eigenvalue weighted by Gasteiger charge is -2.18. The van der Waals surface area contributed by atoms with Gasteiger partial charge in [-0.1, -0.05) is 0 Å². The predicted molar refractivity (Wildman–Crippen MR) is 54.8 cm³/mol. The minimum absolute atomic E-state index is 0.523. The Bertz CT molecular complexity index is 115. The van der Waals surface area contributed by atoms with Crippen LogP contribution in [0.2, 0.25) is 0 Å². The molecule has 0 spiro atoms. The van der Waals surface area contributed by atoms with Crippen LogP contribution in [-0.2, 0) is 4.74 Å². The largest absolute Gasteiger partial charge is 0.378 e. The highest BCUT2D eigenvalue weighted by atomic mass is 32.2. The molecule has 0 aromatic heterocycles. The van der Waals surface area contributed by atoms with Gasteiger partial charge in [-0.2, -0.15) is 11.8 Å². The molecule has 2 nitrogen and oxygen atoms in total. The summed E-state index contributed by atoms with van der Waals surface area (Å²) < 4.78 is 5.58. The molecule has 1 aliphatic heterocycles. The summed E-state index contributed by atoms with van der Waals surface area (Å²) in [7, 11) is 2.04. The van der Waals surface area contributed by atoms with Gasteiger partial charge in [0.2, 0.25) is 0 Å². The Morgan fingerprint density at radius 2 is 2.50 bits per heavy atom. The molecule has 3 heteroatoms. The van der Waals surface area contributed by atoms with Gasteiger partial charge in [-0.05, 0) is 32.6 Å². The highest BCUT2D eigenvalue weighted by Gasteiger charge is 2.19. The molecule has 1 fully saturated rings. The first-order chi connectivity index (χ1) is 5.86. The monoisotopic (exact) mass is 189 g/mol. The molecule has 0 bridgehead atoms. The Kier molecular flexibility index (Phi) is 5.04. The minimum atomic E-state index is 0.523. The molecule has 1 heterocycles. The lowest BCUT2D eigenvalue weighted by molar-refractivity contribution is 0.0975. The van der Waals surface area contributed by atoms with Crippen molar-refractivity contribution >= 4 is 11.8 Å². The Balaban J connectivity index is 2.16. The number of ether oxygens (including phenoxy) is 1. The lowest BCUT2D eigenvalue weighted by atomic mass is 10.1. The lowest BCUT2D eigenvalue weighted by Crippen LogP contribution is -2.31. The number of hydrogen-bond acceptors (Lipinski definition) is 3. The van der Waals surface area contributed by atoms with E-state index in [1.807, 2.05) is 18.8 Å². The van der Waals surface area contributed by atoms with Gasteiger partial charge in [-0.25, -0.2) is 0 Å². The van der Waals surface area contributed by atoms with Gasteiger partial charge in [-0.3, -0.25) is 0 Å². The molecule has 2 unspecified atom stereocenters. The van der Waals surface area contributed by atoms with E-state index < -0.39 is 0 Å². The second kappa shape index (κ2) is 5.84. The van der Waals surface area contributed by atoms with Crippen LogP contribution in [0.4, 0.5) is 0 Å². The van der Waals surface area contributed by atoms with Crippen molar-refractivity contribution in [1.82, 2.24) is 5.32 Å². The minimum Gasteiger partial charge on any atom is -0.378 e. The summed E-state index contributed by atoms with van der Waals surface area (Å²) in [6.07, 6.45) is 6.36. The maximum absolute atomic E-state index is 5.58. The van der Waals surface area contributed by atoms with Crippen LogP contribution >= 0.6 is 11.8 Å². The predicted octanol–water partition coefficient (Wildman–Crippen LogP) is 1.51. The summed E-state index contributed by atoms with van der Waals surface area (Å²) in [6.45, 7) is 0.973. The van der Waals surface area contributed by atoms with E-state index in [9.17, 15) is 0 Å². The van der Waals surface area contributed by atoms with Crippen molar-refractivity contribution in [3.8, 4) is 0 Å². The molecule has 1 saturated heterocycles. The summed E-state index contributed by atoms with van der Waals surface area (Å²) >= 11 is 1.90. The number of rotatable bonds is 5. The average Bonchev–Trinajstić information content (AvgIpc) is 2.56. The zero-order valence-electron chi connectivity index (χ0n) is 8.01. The van der Waals surface area contributed by atoms with Crippen LogP contribution in [0.1, 0.15) is 19.3 Å². The molecule has 72 valence electrons. The summed E-state index contributed by atoms with van der Waals surface area (Å²) in [5.41, 5.74) is 0. The van der Waals surface area contributed by atoms with Crippen molar-refractivity contribution in [2.45, 2.75) is 31.4 Å². The molecular weight excluding hydrogens is 170 g/mol. The van der Waals surface area contributed by atoms with Crippen LogP contribution in [0.25, 0.3) is 0 Å². The highest BCUT2D eigenvalue weighted by molar-refractivity contribution is 7.98. The summed E-state index contributed by atoms with van der Waals surface area (Å²) in [5, 5.41) is 3.33. The van der Waals surface area contributed by atoms with Gasteiger partial charge in [-0.15, -0.1) is 0 Å². The van der Waals surface area contributed by atoms with Gasteiger partial charge in [0, 0.05) is 18.4 Å². The molecule has 12 heavy (non-hydrogen) atoms.